The highest BCUT2D eigenvalue weighted by molar-refractivity contribution is 6.10. The van der Waals surface area contributed by atoms with Gasteiger partial charge < -0.3 is 9.15 Å². The molecule has 2 aromatic heterocycles. The molecule has 0 saturated carbocycles. The summed E-state index contributed by atoms with van der Waals surface area (Å²) in [4.78, 5) is 12.9. The molecule has 4 rings (SSSR count). The zero-order valence-electron chi connectivity index (χ0n) is 22.2. The second kappa shape index (κ2) is 13.8. The Morgan fingerprint density at radius 2 is 1.62 bits per heavy atom. The van der Waals surface area contributed by atoms with Crippen molar-refractivity contribution in [3.63, 3.8) is 0 Å². The van der Waals surface area contributed by atoms with Gasteiger partial charge in [-0.25, -0.2) is 0 Å². The summed E-state index contributed by atoms with van der Waals surface area (Å²) >= 11 is 0. The summed E-state index contributed by atoms with van der Waals surface area (Å²) in [6.45, 7) is 5.40. The zero-order chi connectivity index (χ0) is 25.9. The molecule has 0 radical (unpaired) electrons. The van der Waals surface area contributed by atoms with Gasteiger partial charge in [-0.2, -0.15) is 0 Å². The van der Waals surface area contributed by atoms with E-state index in [1.165, 1.54) is 57.8 Å². The molecular weight excluding hydrogens is 462 g/mol. The van der Waals surface area contributed by atoms with E-state index in [0.29, 0.717) is 29.3 Å². The van der Waals surface area contributed by atoms with E-state index in [9.17, 15) is 4.79 Å². The third kappa shape index (κ3) is 7.54. The Balaban J connectivity index is 1.22. The van der Waals surface area contributed by atoms with Crippen molar-refractivity contribution in [2.45, 2.75) is 91.2 Å². The molecule has 0 spiro atoms. The Kier molecular flexibility index (Phi) is 9.92. The maximum absolute atomic E-state index is 12.9. The van der Waals surface area contributed by atoms with Gasteiger partial charge in [0, 0.05) is 29.1 Å². The third-order valence-electron chi connectivity index (χ3n) is 6.87. The number of rotatable bonds is 16. The van der Waals surface area contributed by atoms with Crippen LogP contribution in [0.1, 0.15) is 98.5 Å². The molecular formula is C31H39N3O3. The number of hydrogen-bond donors (Lipinski definition) is 0. The van der Waals surface area contributed by atoms with Gasteiger partial charge in [0.25, 0.3) is 0 Å². The van der Waals surface area contributed by atoms with Crippen molar-refractivity contribution < 1.29 is 13.9 Å². The van der Waals surface area contributed by atoms with E-state index in [4.69, 9.17) is 9.15 Å². The molecule has 6 nitrogen and oxygen atoms in total. The summed E-state index contributed by atoms with van der Waals surface area (Å²) in [5.41, 5.74) is 2.88. The molecule has 0 aliphatic heterocycles. The van der Waals surface area contributed by atoms with Crippen LogP contribution in [-0.4, -0.2) is 20.8 Å². The number of aryl methyl sites for hydroxylation is 2. The molecule has 0 unspecified atom stereocenters. The van der Waals surface area contributed by atoms with Gasteiger partial charge in [-0.15, -0.1) is 5.10 Å². The van der Waals surface area contributed by atoms with E-state index in [2.05, 4.69) is 17.2 Å². The quantitative estimate of drug-likeness (QED) is 0.115. The van der Waals surface area contributed by atoms with Crippen molar-refractivity contribution in [2.75, 3.05) is 0 Å². The fourth-order valence-electron chi connectivity index (χ4n) is 4.67. The van der Waals surface area contributed by atoms with Gasteiger partial charge in [-0.05, 0) is 25.5 Å². The fourth-order valence-corrected chi connectivity index (χ4v) is 4.67. The van der Waals surface area contributed by atoms with Gasteiger partial charge in [0.1, 0.15) is 23.6 Å². The molecule has 0 saturated heterocycles. The van der Waals surface area contributed by atoms with Crippen molar-refractivity contribution >= 4 is 16.8 Å². The number of hydrogen-bond acceptors (Lipinski definition) is 5. The lowest BCUT2D eigenvalue weighted by atomic mass is 10.0. The number of unbranched alkanes of at least 4 members (excludes halogenated alkanes) is 9. The van der Waals surface area contributed by atoms with Crippen molar-refractivity contribution in [2.24, 2.45) is 0 Å². The largest absolute Gasteiger partial charge is 0.487 e. The minimum atomic E-state index is -0.115. The van der Waals surface area contributed by atoms with Gasteiger partial charge >= 0.3 is 0 Å². The van der Waals surface area contributed by atoms with E-state index in [1.807, 2.05) is 54.2 Å². The monoisotopic (exact) mass is 501 g/mol. The maximum atomic E-state index is 12.9. The van der Waals surface area contributed by atoms with Gasteiger partial charge in [0.05, 0.1) is 6.20 Å². The van der Waals surface area contributed by atoms with E-state index in [1.54, 1.807) is 12.1 Å². The molecule has 196 valence electrons. The lowest BCUT2D eigenvalue weighted by molar-refractivity contribution is 0.101. The lowest BCUT2D eigenvalue weighted by Crippen LogP contribution is -2.00. The number of fused-ring (bicyclic) bond motifs is 1. The topological polar surface area (TPSA) is 70.2 Å². The molecule has 2 heterocycles. The molecule has 0 aliphatic carbocycles. The summed E-state index contributed by atoms with van der Waals surface area (Å²) in [6, 6.07) is 14.9. The third-order valence-corrected chi connectivity index (χ3v) is 6.87. The molecule has 0 N–H and O–H groups in total. The van der Waals surface area contributed by atoms with Gasteiger partial charge in [0.15, 0.2) is 5.76 Å². The first kappa shape index (κ1) is 26.6. The number of furan rings is 1. The van der Waals surface area contributed by atoms with Crippen LogP contribution in [0, 0.1) is 6.92 Å². The average molecular weight is 502 g/mol. The van der Waals surface area contributed by atoms with Crippen molar-refractivity contribution in [3.05, 3.63) is 77.3 Å². The molecule has 0 fully saturated rings. The summed E-state index contributed by atoms with van der Waals surface area (Å²) in [7, 11) is 0. The predicted octanol–water partition coefficient (Wildman–Crippen LogP) is 8.06. The number of aromatic nitrogens is 3. The number of ketones is 1. The second-order valence-electron chi connectivity index (χ2n) is 9.85. The van der Waals surface area contributed by atoms with E-state index < -0.39 is 0 Å². The van der Waals surface area contributed by atoms with E-state index in [-0.39, 0.29) is 5.78 Å². The van der Waals surface area contributed by atoms with Gasteiger partial charge in [-0.3, -0.25) is 9.48 Å². The second-order valence-corrected chi connectivity index (χ2v) is 9.85. The van der Waals surface area contributed by atoms with Crippen molar-refractivity contribution in [1.82, 2.24) is 15.0 Å². The Morgan fingerprint density at radius 3 is 2.35 bits per heavy atom. The van der Waals surface area contributed by atoms with Crippen LogP contribution in [0.5, 0.6) is 5.75 Å². The van der Waals surface area contributed by atoms with Crippen LogP contribution in [0.3, 0.4) is 0 Å². The highest BCUT2D eigenvalue weighted by Gasteiger charge is 2.19. The highest BCUT2D eigenvalue weighted by Crippen LogP contribution is 2.30. The van der Waals surface area contributed by atoms with E-state index >= 15 is 0 Å². The van der Waals surface area contributed by atoms with Crippen LogP contribution in [0.4, 0.5) is 0 Å². The molecule has 37 heavy (non-hydrogen) atoms. The maximum Gasteiger partial charge on any atom is 0.228 e. The predicted molar refractivity (Wildman–Crippen MR) is 147 cm³/mol. The minimum Gasteiger partial charge on any atom is -0.487 e. The SMILES string of the molecule is CCCCCCCCCCCCn1cc(COc2ccc3c(C)c(C(=O)c4ccccc4)oc3c2)nn1. The summed E-state index contributed by atoms with van der Waals surface area (Å²) in [6.07, 6.45) is 15.2. The molecule has 4 aromatic rings. The van der Waals surface area contributed by atoms with Crippen LogP contribution >= 0.6 is 0 Å². The van der Waals surface area contributed by atoms with Crippen LogP contribution in [0.25, 0.3) is 11.0 Å². The number of nitrogens with zero attached hydrogens (tertiary/aromatic N) is 3. The van der Waals surface area contributed by atoms with E-state index in [0.717, 1.165) is 29.6 Å². The first-order valence-electron chi connectivity index (χ1n) is 13.8. The smallest absolute Gasteiger partial charge is 0.228 e. The molecule has 0 aliphatic rings. The van der Waals surface area contributed by atoms with Crippen LogP contribution in [0.2, 0.25) is 0 Å². The number of benzene rings is 2. The number of ether oxygens (including phenoxy) is 1. The Morgan fingerprint density at radius 1 is 0.919 bits per heavy atom. The standard InChI is InChI=1S/C31H39N3O3/c1-3-4-5-6-7-8-9-10-11-15-20-34-22-26(32-33-34)23-36-27-18-19-28-24(2)31(37-29(28)21-27)30(35)25-16-13-12-14-17-25/h12-14,16-19,21-22H,3-11,15,20,23H2,1-2H3. The zero-order valence-corrected chi connectivity index (χ0v) is 22.2. The Bertz CT molecular complexity index is 1260. The number of carbonyl (C=O) groups is 1. The fraction of sp³-hybridized carbons (Fsp3) is 0.452. The summed E-state index contributed by atoms with van der Waals surface area (Å²) in [5.74, 6) is 0.924. The van der Waals surface area contributed by atoms with Crippen LogP contribution in [-0.2, 0) is 13.2 Å². The van der Waals surface area contributed by atoms with Crippen molar-refractivity contribution in [3.8, 4) is 5.75 Å². The molecule has 0 bridgehead atoms. The molecule has 0 atom stereocenters. The number of carbonyl (C=O) groups excluding carboxylic acids is 1. The summed E-state index contributed by atoms with van der Waals surface area (Å²) < 4.78 is 13.8. The first-order chi connectivity index (χ1) is 18.2. The van der Waals surface area contributed by atoms with Crippen molar-refractivity contribution in [1.29, 1.82) is 0 Å². The summed E-state index contributed by atoms with van der Waals surface area (Å²) in [5, 5.41) is 9.41. The minimum absolute atomic E-state index is 0.115. The lowest BCUT2D eigenvalue weighted by Gasteiger charge is -2.04. The highest BCUT2D eigenvalue weighted by atomic mass is 16.5. The normalized spacial score (nSPS) is 11.3. The molecule has 6 heteroatoms. The van der Waals surface area contributed by atoms with Gasteiger partial charge in [0.2, 0.25) is 5.78 Å². The Labute approximate surface area is 220 Å². The Hall–Kier alpha value is -3.41. The first-order valence-corrected chi connectivity index (χ1v) is 13.8. The molecule has 2 aromatic carbocycles. The molecule has 0 amide bonds. The van der Waals surface area contributed by atoms with Gasteiger partial charge in [-0.1, -0.05) is 100 Å². The average Bonchev–Trinajstić information content (AvgIpc) is 3.52. The van der Waals surface area contributed by atoms with Crippen LogP contribution < -0.4 is 4.74 Å². The van der Waals surface area contributed by atoms with Crippen LogP contribution in [0.15, 0.2) is 59.1 Å².